The van der Waals surface area contributed by atoms with Crippen molar-refractivity contribution in [3.63, 3.8) is 0 Å². The highest BCUT2D eigenvalue weighted by atomic mass is 16.7. The molecule has 1 fully saturated rings. The normalized spacial score (nSPS) is 22.6. The first kappa shape index (κ1) is 13.4. The minimum absolute atomic E-state index is 0.235. The SMILES string of the molecule is COc1ccc(C2CN(OC)C(=O)C2C(=O)O)cc1. The van der Waals surface area contributed by atoms with Crippen molar-refractivity contribution in [3.8, 4) is 5.75 Å². The third-order valence-electron chi connectivity index (χ3n) is 3.31. The summed E-state index contributed by atoms with van der Waals surface area (Å²) in [6, 6.07) is 7.03. The summed E-state index contributed by atoms with van der Waals surface area (Å²) in [5.74, 6) is -2.49. The molecule has 1 amide bonds. The van der Waals surface area contributed by atoms with Crippen LogP contribution in [-0.2, 0) is 14.4 Å². The molecule has 0 spiro atoms. The van der Waals surface area contributed by atoms with E-state index < -0.39 is 23.7 Å². The van der Waals surface area contributed by atoms with Crippen LogP contribution < -0.4 is 4.74 Å². The molecule has 1 aromatic carbocycles. The van der Waals surface area contributed by atoms with Gasteiger partial charge in [0, 0.05) is 5.92 Å². The Balaban J connectivity index is 2.30. The van der Waals surface area contributed by atoms with Gasteiger partial charge in [0.2, 0.25) is 0 Å². The average molecular weight is 265 g/mol. The molecular weight excluding hydrogens is 250 g/mol. The fourth-order valence-corrected chi connectivity index (χ4v) is 2.29. The highest BCUT2D eigenvalue weighted by Gasteiger charge is 2.46. The topological polar surface area (TPSA) is 76.1 Å². The van der Waals surface area contributed by atoms with Crippen molar-refractivity contribution >= 4 is 11.9 Å². The first-order chi connectivity index (χ1) is 9.08. The third-order valence-corrected chi connectivity index (χ3v) is 3.31. The van der Waals surface area contributed by atoms with Gasteiger partial charge >= 0.3 is 5.97 Å². The summed E-state index contributed by atoms with van der Waals surface area (Å²) in [4.78, 5) is 28.0. The lowest BCUT2D eigenvalue weighted by molar-refractivity contribution is -0.172. The molecule has 1 aliphatic heterocycles. The van der Waals surface area contributed by atoms with Crippen LogP contribution in [0.15, 0.2) is 24.3 Å². The Morgan fingerprint density at radius 3 is 2.42 bits per heavy atom. The highest BCUT2D eigenvalue weighted by Crippen LogP contribution is 2.34. The number of methoxy groups -OCH3 is 1. The average Bonchev–Trinajstić information content (AvgIpc) is 2.76. The predicted molar refractivity (Wildman–Crippen MR) is 65.6 cm³/mol. The molecule has 1 N–H and O–H groups in total. The van der Waals surface area contributed by atoms with E-state index in [-0.39, 0.29) is 6.54 Å². The lowest BCUT2D eigenvalue weighted by Gasteiger charge is -2.14. The molecule has 0 radical (unpaired) electrons. The second kappa shape index (κ2) is 5.27. The maximum Gasteiger partial charge on any atom is 0.316 e. The monoisotopic (exact) mass is 265 g/mol. The van der Waals surface area contributed by atoms with Crippen LogP contribution in [0.2, 0.25) is 0 Å². The number of hydrogen-bond acceptors (Lipinski definition) is 4. The number of aliphatic carboxylic acids is 1. The van der Waals surface area contributed by atoms with Crippen molar-refractivity contribution in [2.75, 3.05) is 20.8 Å². The molecule has 1 saturated heterocycles. The second-order valence-corrected chi connectivity index (χ2v) is 4.28. The maximum absolute atomic E-state index is 11.9. The fraction of sp³-hybridized carbons (Fsp3) is 0.385. The van der Waals surface area contributed by atoms with Crippen LogP contribution in [0.4, 0.5) is 0 Å². The van der Waals surface area contributed by atoms with Gasteiger partial charge in [0.15, 0.2) is 0 Å². The number of carboxylic acids is 1. The zero-order chi connectivity index (χ0) is 14.0. The molecule has 1 heterocycles. The van der Waals surface area contributed by atoms with E-state index in [1.165, 1.54) is 7.11 Å². The number of ether oxygens (including phenoxy) is 1. The first-order valence-electron chi connectivity index (χ1n) is 5.80. The van der Waals surface area contributed by atoms with Crippen molar-refractivity contribution in [1.82, 2.24) is 5.06 Å². The van der Waals surface area contributed by atoms with E-state index in [1.807, 2.05) is 0 Å². The van der Waals surface area contributed by atoms with Crippen LogP contribution in [0.25, 0.3) is 0 Å². The summed E-state index contributed by atoms with van der Waals surface area (Å²) in [5, 5.41) is 10.3. The Labute approximate surface area is 110 Å². The van der Waals surface area contributed by atoms with Crippen molar-refractivity contribution in [2.45, 2.75) is 5.92 Å². The van der Waals surface area contributed by atoms with E-state index >= 15 is 0 Å². The Hall–Kier alpha value is -2.08. The number of carbonyl (C=O) groups excluding carboxylic acids is 1. The van der Waals surface area contributed by atoms with Crippen LogP contribution in [0.3, 0.4) is 0 Å². The Bertz CT molecular complexity index is 484. The molecule has 0 bridgehead atoms. The summed E-state index contributed by atoms with van der Waals surface area (Å²) >= 11 is 0. The van der Waals surface area contributed by atoms with Gasteiger partial charge < -0.3 is 9.84 Å². The molecule has 1 aliphatic rings. The van der Waals surface area contributed by atoms with Crippen LogP contribution in [0, 0.1) is 5.92 Å². The van der Waals surface area contributed by atoms with E-state index in [0.29, 0.717) is 5.75 Å². The van der Waals surface area contributed by atoms with Crippen LogP contribution in [0.1, 0.15) is 11.5 Å². The molecule has 2 atom stereocenters. The Kier molecular flexibility index (Phi) is 3.71. The summed E-state index contributed by atoms with van der Waals surface area (Å²) in [5.41, 5.74) is 0.779. The van der Waals surface area contributed by atoms with Crippen LogP contribution in [0.5, 0.6) is 5.75 Å². The largest absolute Gasteiger partial charge is 0.497 e. The summed E-state index contributed by atoms with van der Waals surface area (Å²) < 4.78 is 5.05. The van der Waals surface area contributed by atoms with Gasteiger partial charge in [-0.3, -0.25) is 14.4 Å². The van der Waals surface area contributed by atoms with Crippen molar-refractivity contribution in [1.29, 1.82) is 0 Å². The molecule has 2 unspecified atom stereocenters. The highest BCUT2D eigenvalue weighted by molar-refractivity contribution is 5.99. The van der Waals surface area contributed by atoms with E-state index in [2.05, 4.69) is 0 Å². The van der Waals surface area contributed by atoms with Gasteiger partial charge in [0.05, 0.1) is 20.8 Å². The Morgan fingerprint density at radius 2 is 1.95 bits per heavy atom. The van der Waals surface area contributed by atoms with Gasteiger partial charge in [-0.1, -0.05) is 12.1 Å². The third kappa shape index (κ3) is 2.39. The van der Waals surface area contributed by atoms with Crippen molar-refractivity contribution in [3.05, 3.63) is 29.8 Å². The minimum Gasteiger partial charge on any atom is -0.497 e. The second-order valence-electron chi connectivity index (χ2n) is 4.28. The molecule has 0 saturated carbocycles. The fourth-order valence-electron chi connectivity index (χ4n) is 2.29. The molecule has 19 heavy (non-hydrogen) atoms. The number of amides is 1. The number of rotatable bonds is 4. The van der Waals surface area contributed by atoms with Crippen LogP contribution >= 0.6 is 0 Å². The predicted octanol–water partition coefficient (Wildman–Crippen LogP) is 0.883. The number of hydrogen-bond donors (Lipinski definition) is 1. The molecule has 6 heteroatoms. The van der Waals surface area contributed by atoms with E-state index in [0.717, 1.165) is 10.6 Å². The van der Waals surface area contributed by atoms with Crippen LogP contribution in [-0.4, -0.2) is 42.8 Å². The number of carboxylic acid groups (broad SMARTS) is 1. The van der Waals surface area contributed by atoms with Crippen molar-refractivity contribution < 1.29 is 24.3 Å². The van der Waals surface area contributed by atoms with Gasteiger partial charge in [-0.2, -0.15) is 0 Å². The van der Waals surface area contributed by atoms with Gasteiger partial charge in [-0.15, -0.1) is 0 Å². The zero-order valence-corrected chi connectivity index (χ0v) is 10.7. The molecule has 102 valence electrons. The number of nitrogens with zero attached hydrogens (tertiary/aromatic N) is 1. The molecule has 0 aromatic heterocycles. The lowest BCUT2D eigenvalue weighted by atomic mass is 9.88. The van der Waals surface area contributed by atoms with E-state index in [1.54, 1.807) is 31.4 Å². The van der Waals surface area contributed by atoms with Crippen molar-refractivity contribution in [2.24, 2.45) is 5.92 Å². The number of benzene rings is 1. The molecular formula is C13H15NO5. The quantitative estimate of drug-likeness (QED) is 0.818. The molecule has 6 nitrogen and oxygen atoms in total. The maximum atomic E-state index is 11.9. The van der Waals surface area contributed by atoms with Gasteiger partial charge in [0.25, 0.3) is 5.91 Å². The first-order valence-corrected chi connectivity index (χ1v) is 5.80. The summed E-state index contributed by atoms with van der Waals surface area (Å²) in [7, 11) is 2.91. The van der Waals surface area contributed by atoms with E-state index in [4.69, 9.17) is 9.57 Å². The van der Waals surface area contributed by atoms with Gasteiger partial charge in [-0.05, 0) is 17.7 Å². The lowest BCUT2D eigenvalue weighted by Crippen LogP contribution is -2.29. The number of carbonyl (C=O) groups is 2. The van der Waals surface area contributed by atoms with E-state index in [9.17, 15) is 14.7 Å². The smallest absolute Gasteiger partial charge is 0.316 e. The molecule has 2 rings (SSSR count). The number of hydroxylamine groups is 2. The summed E-state index contributed by atoms with van der Waals surface area (Å²) in [6.07, 6.45) is 0. The standard InChI is InChI=1S/C13H15NO5/c1-18-9-5-3-8(4-6-9)10-7-14(19-2)12(15)11(10)13(16)17/h3-6,10-11H,7H2,1-2H3,(H,16,17). The van der Waals surface area contributed by atoms with Gasteiger partial charge in [-0.25, -0.2) is 5.06 Å². The summed E-state index contributed by atoms with van der Waals surface area (Å²) in [6.45, 7) is 0.235. The zero-order valence-electron chi connectivity index (χ0n) is 10.7. The minimum atomic E-state index is -1.13. The van der Waals surface area contributed by atoms with Gasteiger partial charge in [0.1, 0.15) is 11.7 Å². The molecule has 1 aromatic rings. The Morgan fingerprint density at radius 1 is 1.32 bits per heavy atom. The molecule has 0 aliphatic carbocycles.